The SMILES string of the molecule is COc1ccc(C(=O)N/N=C(\C)c2ccc(O)cc2)c(OC)c1. The highest BCUT2D eigenvalue weighted by Gasteiger charge is 2.13. The number of amides is 1. The van der Waals surface area contributed by atoms with Gasteiger partial charge < -0.3 is 14.6 Å². The number of phenolic OH excluding ortho intramolecular Hbond substituents is 1. The van der Waals surface area contributed by atoms with Crippen LogP contribution in [0.15, 0.2) is 47.6 Å². The van der Waals surface area contributed by atoms with Gasteiger partial charge in [-0.05, 0) is 48.9 Å². The van der Waals surface area contributed by atoms with Crippen LogP contribution in [0, 0.1) is 0 Å². The molecule has 2 rings (SSSR count). The Kier molecular flexibility index (Phi) is 5.19. The fraction of sp³-hybridized carbons (Fsp3) is 0.176. The van der Waals surface area contributed by atoms with E-state index >= 15 is 0 Å². The number of phenols is 1. The summed E-state index contributed by atoms with van der Waals surface area (Å²) >= 11 is 0. The van der Waals surface area contributed by atoms with Crippen LogP contribution in [0.5, 0.6) is 17.2 Å². The van der Waals surface area contributed by atoms with Crippen LogP contribution in [0.3, 0.4) is 0 Å². The van der Waals surface area contributed by atoms with Crippen molar-refractivity contribution in [3.8, 4) is 17.2 Å². The third kappa shape index (κ3) is 4.00. The molecule has 0 aliphatic carbocycles. The highest BCUT2D eigenvalue weighted by atomic mass is 16.5. The van der Waals surface area contributed by atoms with Crippen LogP contribution in [0.4, 0.5) is 0 Å². The molecule has 0 atom stereocenters. The first-order valence-corrected chi connectivity index (χ1v) is 6.91. The minimum atomic E-state index is -0.386. The van der Waals surface area contributed by atoms with E-state index < -0.39 is 0 Å². The maximum atomic E-state index is 12.2. The Hall–Kier alpha value is -3.02. The zero-order chi connectivity index (χ0) is 16.8. The molecule has 2 aromatic rings. The van der Waals surface area contributed by atoms with E-state index in [0.717, 1.165) is 5.56 Å². The molecular formula is C17H18N2O4. The standard InChI is InChI=1S/C17H18N2O4/c1-11(12-4-6-13(20)7-5-12)18-19-17(21)15-9-8-14(22-2)10-16(15)23-3/h4-10,20H,1-3H3,(H,19,21)/b18-11+. The number of aromatic hydroxyl groups is 1. The van der Waals surface area contributed by atoms with Crippen molar-refractivity contribution < 1.29 is 19.4 Å². The lowest BCUT2D eigenvalue weighted by Crippen LogP contribution is -2.20. The van der Waals surface area contributed by atoms with Crippen molar-refractivity contribution in [2.24, 2.45) is 5.10 Å². The van der Waals surface area contributed by atoms with Crippen molar-refractivity contribution in [3.63, 3.8) is 0 Å². The van der Waals surface area contributed by atoms with Gasteiger partial charge >= 0.3 is 0 Å². The van der Waals surface area contributed by atoms with Gasteiger partial charge in [-0.25, -0.2) is 5.43 Å². The molecule has 0 fully saturated rings. The van der Waals surface area contributed by atoms with Crippen LogP contribution >= 0.6 is 0 Å². The largest absolute Gasteiger partial charge is 0.508 e. The summed E-state index contributed by atoms with van der Waals surface area (Å²) < 4.78 is 10.3. The van der Waals surface area contributed by atoms with Gasteiger partial charge in [-0.2, -0.15) is 5.10 Å². The number of hydrogen-bond acceptors (Lipinski definition) is 5. The Morgan fingerprint density at radius 3 is 2.39 bits per heavy atom. The van der Waals surface area contributed by atoms with Crippen molar-refractivity contribution in [1.29, 1.82) is 0 Å². The van der Waals surface area contributed by atoms with Gasteiger partial charge in [0.1, 0.15) is 17.2 Å². The maximum absolute atomic E-state index is 12.2. The Labute approximate surface area is 134 Å². The molecule has 6 nitrogen and oxygen atoms in total. The zero-order valence-electron chi connectivity index (χ0n) is 13.2. The lowest BCUT2D eigenvalue weighted by atomic mass is 10.1. The number of nitrogens with one attached hydrogen (secondary N) is 1. The van der Waals surface area contributed by atoms with E-state index in [2.05, 4.69) is 10.5 Å². The topological polar surface area (TPSA) is 80.2 Å². The second-order valence-electron chi connectivity index (χ2n) is 4.75. The van der Waals surface area contributed by atoms with Crippen LogP contribution in [-0.4, -0.2) is 30.9 Å². The Morgan fingerprint density at radius 1 is 1.09 bits per heavy atom. The van der Waals surface area contributed by atoms with Crippen molar-refractivity contribution in [2.75, 3.05) is 14.2 Å². The van der Waals surface area contributed by atoms with Gasteiger partial charge in [0.15, 0.2) is 0 Å². The highest BCUT2D eigenvalue weighted by molar-refractivity contribution is 6.01. The van der Waals surface area contributed by atoms with E-state index in [1.165, 1.54) is 7.11 Å². The molecule has 0 saturated heterocycles. The van der Waals surface area contributed by atoms with Crippen LogP contribution in [0.25, 0.3) is 0 Å². The number of ether oxygens (including phenoxy) is 2. The molecule has 0 aliphatic heterocycles. The number of carbonyl (C=O) groups is 1. The molecule has 2 N–H and O–H groups in total. The van der Waals surface area contributed by atoms with Gasteiger partial charge in [-0.15, -0.1) is 0 Å². The van der Waals surface area contributed by atoms with Gasteiger partial charge in [-0.3, -0.25) is 4.79 Å². The summed E-state index contributed by atoms with van der Waals surface area (Å²) in [4.78, 5) is 12.2. The number of benzene rings is 2. The van der Waals surface area contributed by atoms with Gasteiger partial charge in [0.05, 0.1) is 25.5 Å². The lowest BCUT2D eigenvalue weighted by Gasteiger charge is -2.09. The molecule has 23 heavy (non-hydrogen) atoms. The molecule has 0 spiro atoms. The third-order valence-electron chi connectivity index (χ3n) is 3.26. The van der Waals surface area contributed by atoms with Gasteiger partial charge in [0.25, 0.3) is 5.91 Å². The van der Waals surface area contributed by atoms with Crippen molar-refractivity contribution in [3.05, 3.63) is 53.6 Å². The summed E-state index contributed by atoms with van der Waals surface area (Å²) in [5.74, 6) is 0.790. The molecule has 0 aliphatic rings. The van der Waals surface area contributed by atoms with Gasteiger partial charge in [-0.1, -0.05) is 0 Å². The molecule has 6 heteroatoms. The summed E-state index contributed by atoms with van der Waals surface area (Å²) in [6.45, 7) is 1.76. The molecule has 0 saturated carbocycles. The number of rotatable bonds is 5. The fourth-order valence-electron chi connectivity index (χ4n) is 1.95. The number of hydrazone groups is 1. The van der Waals surface area contributed by atoms with Crippen LogP contribution in [-0.2, 0) is 0 Å². The van der Waals surface area contributed by atoms with Crippen molar-refractivity contribution in [1.82, 2.24) is 5.43 Å². The molecule has 0 heterocycles. The Morgan fingerprint density at radius 2 is 1.78 bits per heavy atom. The summed E-state index contributed by atoms with van der Waals surface area (Å²) in [7, 11) is 3.02. The summed E-state index contributed by atoms with van der Waals surface area (Å²) in [6.07, 6.45) is 0. The van der Waals surface area contributed by atoms with E-state index in [1.807, 2.05) is 0 Å². The lowest BCUT2D eigenvalue weighted by molar-refractivity contribution is 0.0951. The van der Waals surface area contributed by atoms with E-state index in [4.69, 9.17) is 9.47 Å². The minimum Gasteiger partial charge on any atom is -0.508 e. The Bertz CT molecular complexity index is 724. The number of hydrogen-bond donors (Lipinski definition) is 2. The number of methoxy groups -OCH3 is 2. The van der Waals surface area contributed by atoms with Gasteiger partial charge in [0.2, 0.25) is 0 Å². The monoisotopic (exact) mass is 314 g/mol. The first kappa shape index (κ1) is 16.4. The maximum Gasteiger partial charge on any atom is 0.275 e. The average molecular weight is 314 g/mol. The Balaban J connectivity index is 2.15. The molecule has 1 amide bonds. The van der Waals surface area contributed by atoms with E-state index in [0.29, 0.717) is 22.8 Å². The smallest absolute Gasteiger partial charge is 0.275 e. The van der Waals surface area contributed by atoms with E-state index in [1.54, 1.807) is 56.5 Å². The van der Waals surface area contributed by atoms with Crippen LogP contribution in [0.1, 0.15) is 22.8 Å². The molecule has 0 aromatic heterocycles. The molecule has 0 radical (unpaired) electrons. The average Bonchev–Trinajstić information content (AvgIpc) is 2.59. The predicted molar refractivity (Wildman–Crippen MR) is 87.3 cm³/mol. The number of carbonyl (C=O) groups excluding carboxylic acids is 1. The van der Waals surface area contributed by atoms with Crippen LogP contribution < -0.4 is 14.9 Å². The highest BCUT2D eigenvalue weighted by Crippen LogP contribution is 2.24. The van der Waals surface area contributed by atoms with Crippen molar-refractivity contribution in [2.45, 2.75) is 6.92 Å². The summed E-state index contributed by atoms with van der Waals surface area (Å²) in [6, 6.07) is 11.5. The van der Waals surface area contributed by atoms with Crippen molar-refractivity contribution >= 4 is 11.6 Å². The third-order valence-corrected chi connectivity index (χ3v) is 3.26. The first-order chi connectivity index (χ1) is 11.0. The quantitative estimate of drug-likeness (QED) is 0.656. The molecule has 0 unspecified atom stereocenters. The van der Waals surface area contributed by atoms with Gasteiger partial charge in [0, 0.05) is 6.07 Å². The fourth-order valence-corrected chi connectivity index (χ4v) is 1.95. The summed E-state index contributed by atoms with van der Waals surface area (Å²) in [5, 5.41) is 13.3. The van der Waals surface area contributed by atoms with E-state index in [9.17, 15) is 9.90 Å². The molecule has 120 valence electrons. The molecule has 0 bridgehead atoms. The number of nitrogens with zero attached hydrogens (tertiary/aromatic N) is 1. The second kappa shape index (κ2) is 7.31. The minimum absolute atomic E-state index is 0.175. The predicted octanol–water partition coefficient (Wildman–Crippen LogP) is 2.56. The van der Waals surface area contributed by atoms with E-state index in [-0.39, 0.29) is 11.7 Å². The second-order valence-corrected chi connectivity index (χ2v) is 4.75. The van der Waals surface area contributed by atoms with Crippen LogP contribution in [0.2, 0.25) is 0 Å². The first-order valence-electron chi connectivity index (χ1n) is 6.91. The summed E-state index contributed by atoms with van der Waals surface area (Å²) in [5.41, 5.74) is 4.26. The molecule has 2 aromatic carbocycles. The normalized spacial score (nSPS) is 11.0. The zero-order valence-corrected chi connectivity index (χ0v) is 13.2. The molecular weight excluding hydrogens is 296 g/mol.